The van der Waals surface area contributed by atoms with Gasteiger partial charge in [-0.05, 0) is 45.3 Å². The fourth-order valence-corrected chi connectivity index (χ4v) is 2.48. The van der Waals surface area contributed by atoms with Gasteiger partial charge in [-0.2, -0.15) is 0 Å². The predicted octanol–water partition coefficient (Wildman–Crippen LogP) is 2.30. The van der Waals surface area contributed by atoms with Crippen LogP contribution < -0.4 is 0 Å². The molecule has 0 radical (unpaired) electrons. The number of carbonyl (C=O) groups is 1. The van der Waals surface area contributed by atoms with Gasteiger partial charge in [-0.25, -0.2) is 0 Å². The molecule has 0 aliphatic carbocycles. The van der Waals surface area contributed by atoms with Crippen molar-refractivity contribution in [2.75, 3.05) is 19.6 Å². The number of likely N-dealkylation sites (tertiary alicyclic amines) is 1. The van der Waals surface area contributed by atoms with Crippen LogP contribution in [0.4, 0.5) is 0 Å². The number of H-pyrrole nitrogens is 1. The first-order valence-electron chi connectivity index (χ1n) is 6.08. The first-order chi connectivity index (χ1) is 7.68. The number of nitrogens with zero attached hydrogens (tertiary/aromatic N) is 1. The van der Waals surface area contributed by atoms with Crippen molar-refractivity contribution < 1.29 is 4.79 Å². The van der Waals surface area contributed by atoms with E-state index >= 15 is 0 Å². The highest BCUT2D eigenvalue weighted by molar-refractivity contribution is 5.98. The summed E-state index contributed by atoms with van der Waals surface area (Å²) in [5, 5.41) is 0. The molecule has 88 valence electrons. The highest BCUT2D eigenvalue weighted by atomic mass is 16.1. The third-order valence-electron chi connectivity index (χ3n) is 3.41. The second-order valence-corrected chi connectivity index (χ2v) is 4.69. The van der Waals surface area contributed by atoms with Gasteiger partial charge in [-0.15, -0.1) is 0 Å². The summed E-state index contributed by atoms with van der Waals surface area (Å²) >= 11 is 0. The molecule has 16 heavy (non-hydrogen) atoms. The summed E-state index contributed by atoms with van der Waals surface area (Å²) in [6, 6.07) is 0. The Hall–Kier alpha value is -1.09. The molecule has 1 N–H and O–H groups in total. The normalized spacial score (nSPS) is 16.9. The van der Waals surface area contributed by atoms with E-state index in [1.54, 1.807) is 0 Å². The van der Waals surface area contributed by atoms with Gasteiger partial charge in [0.25, 0.3) is 0 Å². The van der Waals surface area contributed by atoms with Gasteiger partial charge < -0.3 is 9.88 Å². The van der Waals surface area contributed by atoms with Crippen LogP contribution in [0.2, 0.25) is 0 Å². The number of aromatic amines is 1. The van der Waals surface area contributed by atoms with Crippen LogP contribution in [0.15, 0.2) is 6.20 Å². The Kier molecular flexibility index (Phi) is 3.44. The Morgan fingerprint density at radius 1 is 1.38 bits per heavy atom. The van der Waals surface area contributed by atoms with Gasteiger partial charge >= 0.3 is 0 Å². The minimum absolute atomic E-state index is 0.281. The molecule has 0 amide bonds. The van der Waals surface area contributed by atoms with Crippen molar-refractivity contribution in [3.05, 3.63) is 23.0 Å². The number of aryl methyl sites for hydroxylation is 2. The number of ketones is 1. The van der Waals surface area contributed by atoms with Crippen LogP contribution >= 0.6 is 0 Å². The summed E-state index contributed by atoms with van der Waals surface area (Å²) in [5.41, 5.74) is 2.98. The van der Waals surface area contributed by atoms with E-state index in [1.165, 1.54) is 25.9 Å². The smallest absolute Gasteiger partial charge is 0.166 e. The van der Waals surface area contributed by atoms with Gasteiger partial charge in [-0.1, -0.05) is 0 Å². The molecule has 0 saturated carbocycles. The number of hydrogen-bond donors (Lipinski definition) is 1. The quantitative estimate of drug-likeness (QED) is 0.790. The van der Waals surface area contributed by atoms with Crippen molar-refractivity contribution in [1.29, 1.82) is 0 Å². The highest BCUT2D eigenvalue weighted by Crippen LogP contribution is 2.15. The number of Topliss-reactive ketones (excluding diaryl/α,β-unsaturated/α-hetero) is 1. The average molecular weight is 220 g/mol. The maximum absolute atomic E-state index is 12.1. The Bertz CT molecular complexity index is 356. The molecule has 3 heteroatoms. The lowest BCUT2D eigenvalue weighted by molar-refractivity contribution is 0.0968. The van der Waals surface area contributed by atoms with Gasteiger partial charge in [0.1, 0.15) is 0 Å². The van der Waals surface area contributed by atoms with E-state index in [0.29, 0.717) is 6.42 Å². The molecule has 1 fully saturated rings. The predicted molar refractivity (Wildman–Crippen MR) is 64.9 cm³/mol. The standard InChI is InChI=1S/C13H20N2O/c1-10-9-14-11(2)13(10)12(16)5-8-15-6-3-4-7-15/h9,14H,3-8H2,1-2H3. The lowest BCUT2D eigenvalue weighted by atomic mass is 10.1. The third kappa shape index (κ3) is 2.35. The highest BCUT2D eigenvalue weighted by Gasteiger charge is 2.16. The van der Waals surface area contributed by atoms with E-state index in [2.05, 4.69) is 9.88 Å². The number of carbonyl (C=O) groups excluding carboxylic acids is 1. The summed E-state index contributed by atoms with van der Waals surface area (Å²) < 4.78 is 0. The van der Waals surface area contributed by atoms with E-state index < -0.39 is 0 Å². The molecule has 2 heterocycles. The largest absolute Gasteiger partial charge is 0.364 e. The molecule has 0 bridgehead atoms. The van der Waals surface area contributed by atoms with Gasteiger partial charge in [0, 0.05) is 30.4 Å². The topological polar surface area (TPSA) is 36.1 Å². The van der Waals surface area contributed by atoms with E-state index in [1.807, 2.05) is 20.0 Å². The number of rotatable bonds is 4. The zero-order chi connectivity index (χ0) is 11.5. The monoisotopic (exact) mass is 220 g/mol. The molecule has 1 aromatic rings. The molecule has 0 unspecified atom stereocenters. The van der Waals surface area contributed by atoms with Crippen molar-refractivity contribution in [3.63, 3.8) is 0 Å². The van der Waals surface area contributed by atoms with Gasteiger partial charge in [-0.3, -0.25) is 4.79 Å². The van der Waals surface area contributed by atoms with Crippen molar-refractivity contribution in [2.45, 2.75) is 33.1 Å². The molecular formula is C13H20N2O. The molecule has 0 spiro atoms. The summed E-state index contributed by atoms with van der Waals surface area (Å²) in [6.07, 6.45) is 5.14. The van der Waals surface area contributed by atoms with Gasteiger partial charge in [0.15, 0.2) is 5.78 Å². The maximum atomic E-state index is 12.1. The zero-order valence-electron chi connectivity index (χ0n) is 10.2. The Balaban J connectivity index is 1.92. The number of hydrogen-bond acceptors (Lipinski definition) is 2. The van der Waals surface area contributed by atoms with Crippen molar-refractivity contribution in [1.82, 2.24) is 9.88 Å². The Morgan fingerprint density at radius 2 is 2.06 bits per heavy atom. The van der Waals surface area contributed by atoms with E-state index in [-0.39, 0.29) is 5.78 Å². The molecule has 0 atom stereocenters. The maximum Gasteiger partial charge on any atom is 0.166 e. The minimum Gasteiger partial charge on any atom is -0.364 e. The van der Waals surface area contributed by atoms with Crippen LogP contribution in [0, 0.1) is 13.8 Å². The third-order valence-corrected chi connectivity index (χ3v) is 3.41. The average Bonchev–Trinajstić information content (AvgIpc) is 2.86. The van der Waals surface area contributed by atoms with Crippen molar-refractivity contribution in [2.24, 2.45) is 0 Å². The SMILES string of the molecule is Cc1c[nH]c(C)c1C(=O)CCN1CCCC1. The van der Waals surface area contributed by atoms with Crippen molar-refractivity contribution in [3.8, 4) is 0 Å². The first-order valence-corrected chi connectivity index (χ1v) is 6.08. The van der Waals surface area contributed by atoms with Gasteiger partial charge in [0.2, 0.25) is 0 Å². The summed E-state index contributed by atoms with van der Waals surface area (Å²) in [6.45, 7) is 7.21. The van der Waals surface area contributed by atoms with Crippen LogP contribution in [0.3, 0.4) is 0 Å². The molecule has 0 aromatic carbocycles. The fourth-order valence-electron chi connectivity index (χ4n) is 2.48. The van der Waals surface area contributed by atoms with Crippen LogP contribution in [0.5, 0.6) is 0 Å². The molecule has 1 aliphatic heterocycles. The summed E-state index contributed by atoms with van der Waals surface area (Å²) in [7, 11) is 0. The Morgan fingerprint density at radius 3 is 2.62 bits per heavy atom. The fraction of sp³-hybridized carbons (Fsp3) is 0.615. The van der Waals surface area contributed by atoms with Crippen LogP contribution in [0.25, 0.3) is 0 Å². The summed E-state index contributed by atoms with van der Waals surface area (Å²) in [5.74, 6) is 0.281. The molecule has 1 aliphatic rings. The molecule has 1 saturated heterocycles. The van der Waals surface area contributed by atoms with Gasteiger partial charge in [0.05, 0.1) is 0 Å². The van der Waals surface area contributed by atoms with Crippen LogP contribution in [-0.4, -0.2) is 35.3 Å². The second kappa shape index (κ2) is 4.83. The van der Waals surface area contributed by atoms with E-state index in [9.17, 15) is 4.79 Å². The molecule has 1 aromatic heterocycles. The number of nitrogens with one attached hydrogen (secondary N) is 1. The second-order valence-electron chi connectivity index (χ2n) is 4.69. The zero-order valence-corrected chi connectivity index (χ0v) is 10.2. The molecular weight excluding hydrogens is 200 g/mol. The van der Waals surface area contributed by atoms with Crippen LogP contribution in [-0.2, 0) is 0 Å². The lowest BCUT2D eigenvalue weighted by Gasteiger charge is -2.13. The minimum atomic E-state index is 0.281. The van der Waals surface area contributed by atoms with E-state index in [4.69, 9.17) is 0 Å². The van der Waals surface area contributed by atoms with Crippen molar-refractivity contribution >= 4 is 5.78 Å². The molecule has 3 nitrogen and oxygen atoms in total. The lowest BCUT2D eigenvalue weighted by Crippen LogP contribution is -2.22. The number of aromatic nitrogens is 1. The Labute approximate surface area is 96.8 Å². The van der Waals surface area contributed by atoms with Crippen LogP contribution in [0.1, 0.15) is 40.9 Å². The molecule has 2 rings (SSSR count). The summed E-state index contributed by atoms with van der Waals surface area (Å²) in [4.78, 5) is 17.6. The van der Waals surface area contributed by atoms with E-state index in [0.717, 1.165) is 23.4 Å². The first kappa shape index (κ1) is 11.4.